The third kappa shape index (κ3) is 8.13. The number of alkyl halides is 3. The van der Waals surface area contributed by atoms with Crippen LogP contribution in [0.4, 0.5) is 29.3 Å². The van der Waals surface area contributed by atoms with E-state index in [9.17, 15) is 22.8 Å². The zero-order valence-electron chi connectivity index (χ0n) is 24.0. The van der Waals surface area contributed by atoms with Crippen molar-refractivity contribution in [1.82, 2.24) is 14.8 Å². The molecule has 1 aliphatic rings. The molecule has 0 radical (unpaired) electrons. The minimum absolute atomic E-state index is 0.0542. The molecule has 1 N–H and O–H groups in total. The predicted octanol–water partition coefficient (Wildman–Crippen LogP) is 7.33. The van der Waals surface area contributed by atoms with Gasteiger partial charge in [0.05, 0.1) is 22.2 Å². The number of carbonyl (C=O) groups excluding carboxylic acids is 2. The van der Waals surface area contributed by atoms with E-state index < -0.39 is 12.4 Å². The number of carbonyl (C=O) groups is 2. The molecule has 1 aromatic heterocycles. The van der Waals surface area contributed by atoms with Crippen molar-refractivity contribution >= 4 is 51.8 Å². The number of amides is 3. The van der Waals surface area contributed by atoms with Crippen molar-refractivity contribution in [2.75, 3.05) is 16.0 Å². The van der Waals surface area contributed by atoms with Gasteiger partial charge in [-0.25, -0.2) is 14.5 Å². The van der Waals surface area contributed by atoms with Crippen LogP contribution >= 0.6 is 23.4 Å². The summed E-state index contributed by atoms with van der Waals surface area (Å²) in [7, 11) is 0. The first kappa shape index (κ1) is 31.9. The standard InChI is InChI=1S/C30H26ClF3N6O4S/c1-3-4-19-6-5-18(2)13-24(19)40-27(41)16-45-29(40)37-28(42)36-20-7-12-25(23(31)14-20)43-15-26-35-17-39(38-26)21-8-10-22(11-9-21)44-30(32,33)34/h5-14,17H,3-4,15-16H2,1-2H3,(H,36,42)/b37-29-. The summed E-state index contributed by atoms with van der Waals surface area (Å²) >= 11 is 7.59. The average molecular weight is 659 g/mol. The molecular weight excluding hydrogens is 633 g/mol. The zero-order valence-corrected chi connectivity index (χ0v) is 25.5. The Hall–Kier alpha value is -4.56. The quantitative estimate of drug-likeness (QED) is 0.201. The fourth-order valence-electron chi connectivity index (χ4n) is 4.41. The molecule has 45 heavy (non-hydrogen) atoms. The molecule has 0 unspecified atom stereocenters. The Morgan fingerprint density at radius 1 is 1.13 bits per heavy atom. The molecule has 1 aliphatic heterocycles. The topological polar surface area (TPSA) is 111 Å². The molecule has 10 nitrogen and oxygen atoms in total. The molecule has 3 amide bonds. The van der Waals surface area contributed by atoms with E-state index in [4.69, 9.17) is 16.3 Å². The minimum atomic E-state index is -4.78. The van der Waals surface area contributed by atoms with Crippen molar-refractivity contribution in [2.45, 2.75) is 39.7 Å². The van der Waals surface area contributed by atoms with Gasteiger partial charge < -0.3 is 14.8 Å². The number of amidine groups is 1. The average Bonchev–Trinajstić information content (AvgIpc) is 3.59. The van der Waals surface area contributed by atoms with Gasteiger partial charge in [0, 0.05) is 5.69 Å². The molecule has 0 aliphatic carbocycles. The van der Waals surface area contributed by atoms with Crippen molar-refractivity contribution in [3.8, 4) is 17.2 Å². The number of hydrogen-bond donors (Lipinski definition) is 1. The number of aromatic nitrogens is 3. The minimum Gasteiger partial charge on any atom is -0.484 e. The number of aliphatic imine (C=N–C) groups is 1. The van der Waals surface area contributed by atoms with Crippen LogP contribution in [-0.4, -0.2) is 44.0 Å². The number of urea groups is 1. The summed E-state index contributed by atoms with van der Waals surface area (Å²) < 4.78 is 48.1. The second-order valence-corrected chi connectivity index (χ2v) is 11.2. The van der Waals surface area contributed by atoms with E-state index in [0.29, 0.717) is 28.1 Å². The first-order valence-electron chi connectivity index (χ1n) is 13.6. The Morgan fingerprint density at radius 3 is 2.62 bits per heavy atom. The molecule has 0 bridgehead atoms. The van der Waals surface area contributed by atoms with E-state index in [0.717, 1.165) is 29.7 Å². The lowest BCUT2D eigenvalue weighted by atomic mass is 10.0. The number of nitrogens with one attached hydrogen (secondary N) is 1. The van der Waals surface area contributed by atoms with Crippen LogP contribution in [0.15, 0.2) is 72.0 Å². The van der Waals surface area contributed by atoms with Crippen LogP contribution in [0.3, 0.4) is 0 Å². The number of rotatable bonds is 9. The molecule has 1 fully saturated rings. The van der Waals surface area contributed by atoms with E-state index in [-0.39, 0.29) is 29.0 Å². The summed E-state index contributed by atoms with van der Waals surface area (Å²) in [5.41, 5.74) is 3.56. The van der Waals surface area contributed by atoms with Gasteiger partial charge in [0.25, 0.3) is 0 Å². The Labute approximate surface area is 265 Å². The third-order valence-electron chi connectivity index (χ3n) is 6.38. The molecule has 1 saturated heterocycles. The molecule has 3 aromatic carbocycles. The van der Waals surface area contributed by atoms with E-state index in [1.54, 1.807) is 12.1 Å². The Morgan fingerprint density at radius 2 is 1.91 bits per heavy atom. The van der Waals surface area contributed by atoms with Crippen LogP contribution in [-0.2, 0) is 17.8 Å². The third-order valence-corrected chi connectivity index (χ3v) is 7.60. The van der Waals surface area contributed by atoms with Crippen LogP contribution in [0.1, 0.15) is 30.3 Å². The number of ether oxygens (including phenoxy) is 2. The number of thioether (sulfide) groups is 1. The van der Waals surface area contributed by atoms with Gasteiger partial charge in [-0.05, 0) is 73.0 Å². The summed E-state index contributed by atoms with van der Waals surface area (Å²) in [6.07, 6.45) is -1.70. The van der Waals surface area contributed by atoms with Crippen molar-refractivity contribution in [3.63, 3.8) is 0 Å². The Bertz CT molecular complexity index is 1750. The fourth-order valence-corrected chi connectivity index (χ4v) is 5.50. The normalized spacial score (nSPS) is 14.2. The maximum Gasteiger partial charge on any atom is 0.573 e. The molecular formula is C30H26ClF3N6O4S. The van der Waals surface area contributed by atoms with Gasteiger partial charge >= 0.3 is 12.4 Å². The lowest BCUT2D eigenvalue weighted by Crippen LogP contribution is -2.31. The Balaban J connectivity index is 1.21. The van der Waals surface area contributed by atoms with Crippen LogP contribution in [0.25, 0.3) is 5.69 Å². The van der Waals surface area contributed by atoms with Gasteiger partial charge in [0.2, 0.25) is 5.91 Å². The SMILES string of the molecule is CCCc1ccc(C)cc1N1C(=O)CS/C1=N\C(=O)Nc1ccc(OCc2ncn(-c3ccc(OC(F)(F)F)cc3)n2)c(Cl)c1. The van der Waals surface area contributed by atoms with Crippen molar-refractivity contribution in [1.29, 1.82) is 0 Å². The highest BCUT2D eigenvalue weighted by Gasteiger charge is 2.32. The summed E-state index contributed by atoms with van der Waals surface area (Å²) in [6.45, 7) is 3.95. The summed E-state index contributed by atoms with van der Waals surface area (Å²) in [4.78, 5) is 35.4. The van der Waals surface area contributed by atoms with Crippen LogP contribution < -0.4 is 19.7 Å². The maximum atomic E-state index is 12.8. The number of benzene rings is 3. The van der Waals surface area contributed by atoms with Gasteiger partial charge in [0.15, 0.2) is 11.0 Å². The highest BCUT2D eigenvalue weighted by atomic mass is 35.5. The molecule has 234 valence electrons. The molecule has 5 rings (SSSR count). The molecule has 0 atom stereocenters. The van der Waals surface area contributed by atoms with Crippen molar-refractivity contribution in [3.05, 3.63) is 89.0 Å². The van der Waals surface area contributed by atoms with Crippen molar-refractivity contribution in [2.24, 2.45) is 4.99 Å². The smallest absolute Gasteiger partial charge is 0.484 e. The van der Waals surface area contributed by atoms with E-state index >= 15 is 0 Å². The van der Waals surface area contributed by atoms with Crippen LogP contribution in [0, 0.1) is 6.92 Å². The van der Waals surface area contributed by atoms with Crippen LogP contribution in [0.5, 0.6) is 11.5 Å². The predicted molar refractivity (Wildman–Crippen MR) is 165 cm³/mol. The van der Waals surface area contributed by atoms with E-state index in [1.165, 1.54) is 58.0 Å². The lowest BCUT2D eigenvalue weighted by Gasteiger charge is -2.20. The number of halogens is 4. The number of aryl methyl sites for hydroxylation is 2. The monoisotopic (exact) mass is 658 g/mol. The first-order valence-corrected chi connectivity index (χ1v) is 15.0. The molecule has 4 aromatic rings. The van der Waals surface area contributed by atoms with E-state index in [1.807, 2.05) is 25.1 Å². The fraction of sp³-hybridized carbons (Fsp3) is 0.233. The number of hydrogen-bond acceptors (Lipinski definition) is 7. The molecule has 2 heterocycles. The lowest BCUT2D eigenvalue weighted by molar-refractivity contribution is -0.274. The summed E-state index contributed by atoms with van der Waals surface area (Å²) in [6, 6.07) is 15.0. The van der Waals surface area contributed by atoms with Gasteiger partial charge in [-0.1, -0.05) is 48.8 Å². The Kier molecular flexibility index (Phi) is 9.63. The molecule has 0 spiro atoms. The van der Waals surface area contributed by atoms with Gasteiger partial charge in [0.1, 0.15) is 24.4 Å². The highest BCUT2D eigenvalue weighted by Crippen LogP contribution is 2.32. The van der Waals surface area contributed by atoms with Gasteiger partial charge in [-0.3, -0.25) is 9.69 Å². The molecule has 0 saturated carbocycles. The molecule has 15 heteroatoms. The van der Waals surface area contributed by atoms with Crippen LogP contribution in [0.2, 0.25) is 5.02 Å². The first-order chi connectivity index (χ1) is 21.5. The summed E-state index contributed by atoms with van der Waals surface area (Å²) in [5.74, 6) is 0.275. The summed E-state index contributed by atoms with van der Waals surface area (Å²) in [5, 5.41) is 7.43. The van der Waals surface area contributed by atoms with Crippen molar-refractivity contribution < 1.29 is 32.2 Å². The maximum absolute atomic E-state index is 12.8. The largest absolute Gasteiger partial charge is 0.573 e. The second kappa shape index (κ2) is 13.6. The van der Waals surface area contributed by atoms with Gasteiger partial charge in [-0.2, -0.15) is 4.99 Å². The highest BCUT2D eigenvalue weighted by molar-refractivity contribution is 8.15. The second-order valence-electron chi connectivity index (χ2n) is 9.81. The zero-order chi connectivity index (χ0) is 32.1. The van der Waals surface area contributed by atoms with Gasteiger partial charge in [-0.15, -0.1) is 18.3 Å². The van der Waals surface area contributed by atoms with E-state index in [2.05, 4.69) is 32.1 Å². The number of nitrogens with zero attached hydrogens (tertiary/aromatic N) is 5. The number of anilines is 2.